The first kappa shape index (κ1) is 21.4. The molecule has 166 valence electrons. The Hall–Kier alpha value is -2.46. The fourth-order valence-electron chi connectivity index (χ4n) is 3.98. The standard InChI is InChI=1S/C22H22ClN5O2S2/c23-22-25-14-17(31-22)13-24-16-5-7-18(8-6-16)32(29,30)28-11-9-15(10-12-28)21-26-19-3-1-2-4-20(19)27-21/h1-8,14-15,24H,9-13H2,(H,26,27). The van der Waals surface area contributed by atoms with Crippen LogP contribution in [-0.2, 0) is 16.6 Å². The van der Waals surface area contributed by atoms with E-state index in [0.717, 1.165) is 40.3 Å². The molecule has 32 heavy (non-hydrogen) atoms. The number of halogens is 1. The summed E-state index contributed by atoms with van der Waals surface area (Å²) in [6.45, 7) is 1.55. The summed E-state index contributed by atoms with van der Waals surface area (Å²) in [4.78, 5) is 13.4. The number of sulfonamides is 1. The van der Waals surface area contributed by atoms with E-state index in [4.69, 9.17) is 16.6 Å². The predicted octanol–water partition coefficient (Wildman–Crippen LogP) is 4.85. The highest BCUT2D eigenvalue weighted by atomic mass is 35.5. The van der Waals surface area contributed by atoms with Crippen LogP contribution in [0.25, 0.3) is 11.0 Å². The van der Waals surface area contributed by atoms with Gasteiger partial charge in [0.15, 0.2) is 4.47 Å². The highest BCUT2D eigenvalue weighted by Gasteiger charge is 2.31. The molecule has 0 unspecified atom stereocenters. The molecule has 1 aliphatic heterocycles. The number of H-pyrrole nitrogens is 1. The van der Waals surface area contributed by atoms with Gasteiger partial charge in [-0.3, -0.25) is 0 Å². The highest BCUT2D eigenvalue weighted by molar-refractivity contribution is 7.89. The number of aromatic nitrogens is 3. The first-order valence-corrected chi connectivity index (χ1v) is 13.0. The van der Waals surface area contributed by atoms with E-state index in [1.165, 1.54) is 11.3 Å². The minimum atomic E-state index is -3.52. The van der Waals surface area contributed by atoms with E-state index in [-0.39, 0.29) is 5.92 Å². The zero-order valence-corrected chi connectivity index (χ0v) is 19.6. The Labute approximate surface area is 195 Å². The van der Waals surface area contributed by atoms with E-state index in [1.54, 1.807) is 34.8 Å². The number of nitrogens with one attached hydrogen (secondary N) is 2. The average Bonchev–Trinajstić information content (AvgIpc) is 3.44. The number of thiazole rings is 1. The van der Waals surface area contributed by atoms with Crippen molar-refractivity contribution in [2.45, 2.75) is 30.2 Å². The Morgan fingerprint density at radius 1 is 1.12 bits per heavy atom. The zero-order valence-electron chi connectivity index (χ0n) is 17.2. The third-order valence-electron chi connectivity index (χ3n) is 5.73. The van der Waals surface area contributed by atoms with Crippen molar-refractivity contribution in [1.82, 2.24) is 19.3 Å². The summed E-state index contributed by atoms with van der Waals surface area (Å²) in [5, 5.41) is 3.26. The summed E-state index contributed by atoms with van der Waals surface area (Å²) >= 11 is 7.27. The maximum Gasteiger partial charge on any atom is 0.243 e. The molecule has 0 spiro atoms. The molecule has 2 aromatic carbocycles. The van der Waals surface area contributed by atoms with Gasteiger partial charge in [-0.05, 0) is 49.2 Å². The van der Waals surface area contributed by atoms with Gasteiger partial charge in [0.2, 0.25) is 10.0 Å². The normalized spacial score (nSPS) is 15.9. The van der Waals surface area contributed by atoms with Gasteiger partial charge in [-0.25, -0.2) is 18.4 Å². The molecule has 3 heterocycles. The third kappa shape index (κ3) is 4.38. The fourth-order valence-corrected chi connectivity index (χ4v) is 6.37. The van der Waals surface area contributed by atoms with Crippen LogP contribution in [0.1, 0.15) is 29.5 Å². The maximum absolute atomic E-state index is 13.1. The smallest absolute Gasteiger partial charge is 0.243 e. The van der Waals surface area contributed by atoms with Gasteiger partial charge in [-0.15, -0.1) is 11.3 Å². The molecule has 0 saturated carbocycles. The number of benzene rings is 2. The van der Waals surface area contributed by atoms with Crippen molar-refractivity contribution < 1.29 is 8.42 Å². The summed E-state index contributed by atoms with van der Waals surface area (Å²) in [6, 6.07) is 14.8. The second-order valence-corrected chi connectivity index (χ2v) is 11.4. The molecular formula is C22H22ClN5O2S2. The molecule has 5 rings (SSSR count). The van der Waals surface area contributed by atoms with Crippen LogP contribution in [0.15, 0.2) is 59.6 Å². The average molecular weight is 488 g/mol. The monoisotopic (exact) mass is 487 g/mol. The number of aromatic amines is 1. The molecule has 2 aromatic heterocycles. The van der Waals surface area contributed by atoms with Crippen molar-refractivity contribution >= 4 is 49.7 Å². The molecule has 1 fully saturated rings. The number of imidazole rings is 1. The summed E-state index contributed by atoms with van der Waals surface area (Å²) in [5.41, 5.74) is 2.81. The lowest BCUT2D eigenvalue weighted by molar-refractivity contribution is 0.314. The molecule has 0 amide bonds. The van der Waals surface area contributed by atoms with Crippen molar-refractivity contribution in [1.29, 1.82) is 0 Å². The maximum atomic E-state index is 13.1. The lowest BCUT2D eigenvalue weighted by atomic mass is 9.97. The SMILES string of the molecule is O=S(=O)(c1ccc(NCc2cnc(Cl)s2)cc1)N1CCC(c2nc3ccccc3[nH]2)CC1. The summed E-state index contributed by atoms with van der Waals surface area (Å²) < 4.78 is 28.3. The van der Waals surface area contributed by atoms with Crippen LogP contribution in [0.4, 0.5) is 5.69 Å². The molecule has 2 N–H and O–H groups in total. The molecule has 1 saturated heterocycles. The number of piperidine rings is 1. The third-order valence-corrected chi connectivity index (χ3v) is 8.76. The summed E-state index contributed by atoms with van der Waals surface area (Å²) in [7, 11) is -3.52. The molecule has 0 radical (unpaired) electrons. The lowest BCUT2D eigenvalue weighted by Gasteiger charge is -2.30. The van der Waals surface area contributed by atoms with Crippen molar-refractivity contribution in [3.63, 3.8) is 0 Å². The van der Waals surface area contributed by atoms with Crippen LogP contribution >= 0.6 is 22.9 Å². The Balaban J connectivity index is 1.22. The van der Waals surface area contributed by atoms with E-state index >= 15 is 0 Å². The Kier molecular flexibility index (Phi) is 5.90. The number of hydrogen-bond donors (Lipinski definition) is 2. The molecule has 0 atom stereocenters. The minimum Gasteiger partial charge on any atom is -0.380 e. The minimum absolute atomic E-state index is 0.237. The molecule has 0 aliphatic carbocycles. The summed E-state index contributed by atoms with van der Waals surface area (Å²) in [5.74, 6) is 1.18. The number of nitrogens with zero attached hydrogens (tertiary/aromatic N) is 3. The van der Waals surface area contributed by atoms with E-state index in [2.05, 4.69) is 15.3 Å². The van der Waals surface area contributed by atoms with Crippen LogP contribution in [0, 0.1) is 0 Å². The quantitative estimate of drug-likeness (QED) is 0.405. The molecule has 10 heteroatoms. The molecule has 4 aromatic rings. The number of rotatable bonds is 6. The van der Waals surface area contributed by atoms with Gasteiger partial charge in [0.05, 0.1) is 22.5 Å². The van der Waals surface area contributed by atoms with Gasteiger partial charge >= 0.3 is 0 Å². The van der Waals surface area contributed by atoms with Crippen molar-refractivity contribution in [2.24, 2.45) is 0 Å². The second kappa shape index (κ2) is 8.82. The van der Waals surface area contributed by atoms with E-state index in [0.29, 0.717) is 29.0 Å². The molecule has 7 nitrogen and oxygen atoms in total. The molecule has 0 bridgehead atoms. The Bertz CT molecular complexity index is 1290. The lowest BCUT2D eigenvalue weighted by Crippen LogP contribution is -2.38. The van der Waals surface area contributed by atoms with Crippen molar-refractivity contribution in [2.75, 3.05) is 18.4 Å². The van der Waals surface area contributed by atoms with Gasteiger partial charge in [0, 0.05) is 35.8 Å². The van der Waals surface area contributed by atoms with Gasteiger partial charge in [-0.1, -0.05) is 23.7 Å². The van der Waals surface area contributed by atoms with E-state index < -0.39 is 10.0 Å². The van der Waals surface area contributed by atoms with Crippen molar-refractivity contribution in [3.05, 3.63) is 69.9 Å². The first-order chi connectivity index (χ1) is 15.5. The highest BCUT2D eigenvalue weighted by Crippen LogP contribution is 2.31. The van der Waals surface area contributed by atoms with E-state index in [1.807, 2.05) is 24.3 Å². The van der Waals surface area contributed by atoms with Crippen LogP contribution in [0.5, 0.6) is 0 Å². The summed E-state index contributed by atoms with van der Waals surface area (Å²) in [6.07, 6.45) is 3.22. The Morgan fingerprint density at radius 2 is 1.88 bits per heavy atom. The van der Waals surface area contributed by atoms with Gasteiger partial charge in [-0.2, -0.15) is 4.31 Å². The van der Waals surface area contributed by atoms with Crippen LogP contribution in [-0.4, -0.2) is 40.8 Å². The van der Waals surface area contributed by atoms with Crippen LogP contribution in [0.2, 0.25) is 4.47 Å². The number of para-hydroxylation sites is 2. The number of fused-ring (bicyclic) bond motifs is 1. The topological polar surface area (TPSA) is 91.0 Å². The predicted molar refractivity (Wildman–Crippen MR) is 128 cm³/mol. The van der Waals surface area contributed by atoms with Crippen LogP contribution < -0.4 is 5.32 Å². The molecular weight excluding hydrogens is 466 g/mol. The number of anilines is 1. The van der Waals surface area contributed by atoms with Gasteiger partial charge in [0.25, 0.3) is 0 Å². The zero-order chi connectivity index (χ0) is 22.1. The largest absolute Gasteiger partial charge is 0.380 e. The first-order valence-electron chi connectivity index (χ1n) is 10.4. The Morgan fingerprint density at radius 3 is 2.56 bits per heavy atom. The van der Waals surface area contributed by atoms with Crippen LogP contribution in [0.3, 0.4) is 0 Å². The fraction of sp³-hybridized carbons (Fsp3) is 0.273. The number of hydrogen-bond acceptors (Lipinski definition) is 6. The van der Waals surface area contributed by atoms with Gasteiger partial charge in [0.1, 0.15) is 5.82 Å². The van der Waals surface area contributed by atoms with Gasteiger partial charge < -0.3 is 10.3 Å². The van der Waals surface area contributed by atoms with Crippen molar-refractivity contribution in [3.8, 4) is 0 Å². The molecule has 1 aliphatic rings. The second-order valence-electron chi connectivity index (χ2n) is 7.78. The van der Waals surface area contributed by atoms with E-state index in [9.17, 15) is 8.42 Å².